The van der Waals surface area contributed by atoms with E-state index in [-0.39, 0.29) is 6.04 Å². The minimum Gasteiger partial charge on any atom is -0.380 e. The van der Waals surface area contributed by atoms with Crippen molar-refractivity contribution in [3.8, 4) is 0 Å². The van der Waals surface area contributed by atoms with E-state index in [0.29, 0.717) is 5.69 Å². The van der Waals surface area contributed by atoms with Gasteiger partial charge in [-0.05, 0) is 6.07 Å². The topological polar surface area (TPSA) is 67.2 Å². The summed E-state index contributed by atoms with van der Waals surface area (Å²) in [5.41, 5.74) is 0.0804. The van der Waals surface area contributed by atoms with Crippen molar-refractivity contribution < 1.29 is 9.31 Å². The molecule has 0 spiro atoms. The highest BCUT2D eigenvalue weighted by molar-refractivity contribution is 5.50. The predicted octanol–water partition coefficient (Wildman–Crippen LogP) is 1.12. The summed E-state index contributed by atoms with van der Waals surface area (Å²) in [6, 6.07) is 4.12. The molecular formula is C9H10FN3O2. The average molecular weight is 211 g/mol. The number of hydrogen-bond donors (Lipinski definition) is 2. The normalized spacial score (nSPS) is 15.8. The van der Waals surface area contributed by atoms with Gasteiger partial charge in [-0.3, -0.25) is 10.1 Å². The Balaban J connectivity index is 2.13. The molecule has 1 aliphatic heterocycles. The Labute approximate surface area is 85.4 Å². The van der Waals surface area contributed by atoms with E-state index in [9.17, 15) is 14.5 Å². The van der Waals surface area contributed by atoms with Crippen molar-refractivity contribution in [1.29, 1.82) is 0 Å². The second-order valence-electron chi connectivity index (χ2n) is 3.42. The summed E-state index contributed by atoms with van der Waals surface area (Å²) >= 11 is 0. The van der Waals surface area contributed by atoms with Crippen LogP contribution in [-0.4, -0.2) is 24.1 Å². The fourth-order valence-corrected chi connectivity index (χ4v) is 1.37. The third kappa shape index (κ3) is 2.04. The first-order valence-electron chi connectivity index (χ1n) is 4.58. The lowest BCUT2D eigenvalue weighted by Crippen LogP contribution is -2.51. The van der Waals surface area contributed by atoms with E-state index >= 15 is 0 Å². The first-order valence-corrected chi connectivity index (χ1v) is 4.58. The minimum atomic E-state index is -0.808. The van der Waals surface area contributed by atoms with Crippen LogP contribution in [0.15, 0.2) is 18.2 Å². The van der Waals surface area contributed by atoms with E-state index in [4.69, 9.17) is 0 Å². The van der Waals surface area contributed by atoms with Crippen molar-refractivity contribution in [2.75, 3.05) is 18.4 Å². The second kappa shape index (κ2) is 3.82. The molecule has 0 atom stereocenters. The van der Waals surface area contributed by atoms with Crippen molar-refractivity contribution in [3.05, 3.63) is 34.1 Å². The lowest BCUT2D eigenvalue weighted by atomic mass is 10.1. The molecule has 1 aromatic carbocycles. The van der Waals surface area contributed by atoms with Crippen LogP contribution < -0.4 is 10.6 Å². The summed E-state index contributed by atoms with van der Waals surface area (Å²) in [6.07, 6.45) is 0. The molecule has 0 bridgehead atoms. The molecule has 80 valence electrons. The molecule has 1 fully saturated rings. The Morgan fingerprint density at radius 2 is 2.27 bits per heavy atom. The molecule has 1 heterocycles. The Morgan fingerprint density at radius 1 is 1.53 bits per heavy atom. The Morgan fingerprint density at radius 3 is 2.73 bits per heavy atom. The largest absolute Gasteiger partial charge is 0.380 e. The zero-order valence-electron chi connectivity index (χ0n) is 7.87. The maximum Gasteiger partial charge on any atom is 0.304 e. The molecule has 0 saturated carbocycles. The van der Waals surface area contributed by atoms with Gasteiger partial charge in [0.25, 0.3) is 0 Å². The van der Waals surface area contributed by atoms with E-state index in [2.05, 4.69) is 10.6 Å². The van der Waals surface area contributed by atoms with Gasteiger partial charge in [-0.15, -0.1) is 0 Å². The van der Waals surface area contributed by atoms with Crippen LogP contribution in [0.3, 0.4) is 0 Å². The summed E-state index contributed by atoms with van der Waals surface area (Å²) in [5, 5.41) is 16.5. The molecule has 1 saturated heterocycles. The number of benzene rings is 1. The zero-order chi connectivity index (χ0) is 10.8. The van der Waals surface area contributed by atoms with Gasteiger partial charge in [0, 0.05) is 30.9 Å². The number of nitro benzene ring substituents is 1. The van der Waals surface area contributed by atoms with Crippen LogP contribution in [0, 0.1) is 15.9 Å². The van der Waals surface area contributed by atoms with Crippen molar-refractivity contribution in [1.82, 2.24) is 5.32 Å². The van der Waals surface area contributed by atoms with Gasteiger partial charge < -0.3 is 10.6 Å². The minimum absolute atomic E-state index is 0.283. The van der Waals surface area contributed by atoms with E-state index < -0.39 is 16.4 Å². The number of nitro groups is 1. The van der Waals surface area contributed by atoms with Gasteiger partial charge >= 0.3 is 5.69 Å². The molecule has 0 amide bonds. The van der Waals surface area contributed by atoms with E-state index in [1.807, 2.05) is 0 Å². The molecule has 2 rings (SSSR count). The highest BCUT2D eigenvalue weighted by Crippen LogP contribution is 2.21. The van der Waals surface area contributed by atoms with Gasteiger partial charge in [0.15, 0.2) is 0 Å². The molecule has 0 aromatic heterocycles. The molecule has 6 heteroatoms. The molecule has 1 aliphatic rings. The highest BCUT2D eigenvalue weighted by atomic mass is 19.1. The van der Waals surface area contributed by atoms with Crippen LogP contribution >= 0.6 is 0 Å². The van der Waals surface area contributed by atoms with Gasteiger partial charge in [0.2, 0.25) is 5.82 Å². The Bertz CT molecular complexity index is 393. The maximum atomic E-state index is 13.2. The van der Waals surface area contributed by atoms with E-state index in [1.165, 1.54) is 12.1 Å². The average Bonchev–Trinajstić information content (AvgIpc) is 2.11. The number of anilines is 1. The van der Waals surface area contributed by atoms with Crippen LogP contribution in [0.4, 0.5) is 15.8 Å². The summed E-state index contributed by atoms with van der Waals surface area (Å²) in [5.74, 6) is -0.808. The van der Waals surface area contributed by atoms with Gasteiger partial charge in [-0.25, -0.2) is 0 Å². The smallest absolute Gasteiger partial charge is 0.304 e. The monoisotopic (exact) mass is 211 g/mol. The SMILES string of the molecule is O=[N+]([O-])c1ccc(NC2CNC2)cc1F. The Kier molecular flexibility index (Phi) is 2.51. The molecule has 5 nitrogen and oxygen atoms in total. The lowest BCUT2D eigenvalue weighted by molar-refractivity contribution is -0.387. The van der Waals surface area contributed by atoms with E-state index in [1.54, 1.807) is 0 Å². The summed E-state index contributed by atoms with van der Waals surface area (Å²) in [7, 11) is 0. The molecule has 2 N–H and O–H groups in total. The number of rotatable bonds is 3. The predicted molar refractivity (Wildman–Crippen MR) is 53.3 cm³/mol. The molecule has 0 radical (unpaired) electrons. The number of hydrogen-bond acceptors (Lipinski definition) is 4. The first kappa shape index (κ1) is 9.85. The van der Waals surface area contributed by atoms with E-state index in [0.717, 1.165) is 19.2 Å². The van der Waals surface area contributed by atoms with Gasteiger partial charge in [0.1, 0.15) is 0 Å². The highest BCUT2D eigenvalue weighted by Gasteiger charge is 2.18. The zero-order valence-corrected chi connectivity index (χ0v) is 7.87. The van der Waals surface area contributed by atoms with Crippen LogP contribution in [0.2, 0.25) is 0 Å². The Hall–Kier alpha value is -1.69. The van der Waals surface area contributed by atoms with Gasteiger partial charge in [0.05, 0.1) is 11.0 Å². The number of nitrogens with one attached hydrogen (secondary N) is 2. The number of halogens is 1. The second-order valence-corrected chi connectivity index (χ2v) is 3.42. The quantitative estimate of drug-likeness (QED) is 0.580. The van der Waals surface area contributed by atoms with Crippen molar-refractivity contribution >= 4 is 11.4 Å². The molecule has 15 heavy (non-hydrogen) atoms. The third-order valence-electron chi connectivity index (χ3n) is 2.30. The fourth-order valence-electron chi connectivity index (χ4n) is 1.37. The molecular weight excluding hydrogens is 201 g/mol. The lowest BCUT2D eigenvalue weighted by Gasteiger charge is -2.28. The molecule has 1 aromatic rings. The summed E-state index contributed by atoms with van der Waals surface area (Å²) in [4.78, 5) is 9.63. The molecule has 0 unspecified atom stereocenters. The van der Waals surface area contributed by atoms with Crippen LogP contribution in [0.25, 0.3) is 0 Å². The summed E-state index contributed by atoms with van der Waals surface area (Å²) < 4.78 is 13.2. The fraction of sp³-hybridized carbons (Fsp3) is 0.333. The first-order chi connectivity index (χ1) is 7.16. The van der Waals surface area contributed by atoms with Crippen molar-refractivity contribution in [2.45, 2.75) is 6.04 Å². The van der Waals surface area contributed by atoms with Crippen molar-refractivity contribution in [3.63, 3.8) is 0 Å². The third-order valence-corrected chi connectivity index (χ3v) is 2.30. The van der Waals surface area contributed by atoms with Crippen LogP contribution in [0.1, 0.15) is 0 Å². The van der Waals surface area contributed by atoms with Crippen molar-refractivity contribution in [2.24, 2.45) is 0 Å². The maximum absolute atomic E-state index is 13.2. The van der Waals surface area contributed by atoms with Crippen LogP contribution in [0.5, 0.6) is 0 Å². The van der Waals surface area contributed by atoms with Crippen LogP contribution in [-0.2, 0) is 0 Å². The standard InChI is InChI=1S/C9H10FN3O2/c10-8-3-6(12-7-4-11-5-7)1-2-9(8)13(14)15/h1-3,7,11-12H,4-5H2. The summed E-state index contributed by atoms with van der Waals surface area (Å²) in [6.45, 7) is 1.66. The van der Waals surface area contributed by atoms with Gasteiger partial charge in [-0.1, -0.05) is 0 Å². The number of nitrogens with zero attached hydrogens (tertiary/aromatic N) is 1. The van der Waals surface area contributed by atoms with Gasteiger partial charge in [-0.2, -0.15) is 4.39 Å². The molecule has 0 aliphatic carbocycles.